The normalized spacial score (nSPS) is 11.1. The molecule has 50 heavy (non-hydrogen) atoms. The minimum absolute atomic E-state index is 0.415. The first-order valence-corrected chi connectivity index (χ1v) is 16.3. The van der Waals surface area contributed by atoms with E-state index in [1.54, 1.807) is 0 Å². The average Bonchev–Trinajstić information content (AvgIpc) is 3.70. The molecule has 0 saturated carbocycles. The molecule has 0 aliphatic carbocycles. The van der Waals surface area contributed by atoms with Crippen LogP contribution in [0.2, 0.25) is 0 Å². The van der Waals surface area contributed by atoms with Crippen LogP contribution in [0.1, 0.15) is 11.1 Å². The predicted octanol–water partition coefficient (Wildman–Crippen LogP) is 11.5. The van der Waals surface area contributed by atoms with Crippen LogP contribution in [0.5, 0.6) is 0 Å². The number of benzene rings is 7. The highest BCUT2D eigenvalue weighted by Crippen LogP contribution is 2.43. The molecule has 0 radical (unpaired) electrons. The van der Waals surface area contributed by atoms with Crippen molar-refractivity contribution in [1.82, 2.24) is 9.13 Å². The Bertz CT molecular complexity index is 2880. The minimum Gasteiger partial charge on any atom is -0.309 e. The Balaban J connectivity index is 1.23. The van der Waals surface area contributed by atoms with Gasteiger partial charge in [-0.25, -0.2) is 4.85 Å². The smallest absolute Gasteiger partial charge is 0.196 e. The van der Waals surface area contributed by atoms with Crippen molar-refractivity contribution < 1.29 is 0 Å². The van der Waals surface area contributed by atoms with Crippen LogP contribution < -0.4 is 0 Å². The highest BCUT2D eigenvalue weighted by atomic mass is 15.0. The van der Waals surface area contributed by atoms with Gasteiger partial charge in [0.25, 0.3) is 0 Å². The molecule has 230 valence electrons. The fraction of sp³-hybridized carbons (Fsp3) is 0. The van der Waals surface area contributed by atoms with Crippen LogP contribution in [0.25, 0.3) is 82.1 Å². The molecule has 9 rings (SSSR count). The average molecular weight is 636 g/mol. The van der Waals surface area contributed by atoms with Gasteiger partial charge in [-0.2, -0.15) is 10.5 Å². The first-order valence-electron chi connectivity index (χ1n) is 16.3. The molecule has 0 aliphatic rings. The van der Waals surface area contributed by atoms with Crippen molar-refractivity contribution >= 4 is 49.3 Å². The van der Waals surface area contributed by atoms with Crippen LogP contribution in [0.15, 0.2) is 152 Å². The van der Waals surface area contributed by atoms with E-state index < -0.39 is 0 Å². The Morgan fingerprint density at radius 2 is 1.12 bits per heavy atom. The molecule has 9 aromatic rings. The lowest BCUT2D eigenvalue weighted by atomic mass is 9.92. The Morgan fingerprint density at radius 1 is 0.500 bits per heavy atom. The lowest BCUT2D eigenvalue weighted by Crippen LogP contribution is -1.99. The molecule has 0 unspecified atom stereocenters. The van der Waals surface area contributed by atoms with Gasteiger partial charge in [0.1, 0.15) is 0 Å². The number of fused-ring (bicyclic) bond motifs is 6. The molecule has 7 aromatic carbocycles. The second-order valence-electron chi connectivity index (χ2n) is 12.3. The van der Waals surface area contributed by atoms with Crippen molar-refractivity contribution in [1.29, 1.82) is 10.5 Å². The molecule has 0 spiro atoms. The number of aromatic nitrogens is 2. The van der Waals surface area contributed by atoms with E-state index >= 15 is 0 Å². The summed E-state index contributed by atoms with van der Waals surface area (Å²) < 4.78 is 4.43. The quantitative estimate of drug-likeness (QED) is 0.181. The highest BCUT2D eigenvalue weighted by Gasteiger charge is 2.21. The summed E-state index contributed by atoms with van der Waals surface area (Å²) in [5.74, 6) is 0. The first-order chi connectivity index (χ1) is 24.7. The van der Waals surface area contributed by atoms with Crippen molar-refractivity contribution in [3.05, 3.63) is 174 Å². The van der Waals surface area contributed by atoms with Gasteiger partial charge in [-0.15, -0.1) is 0 Å². The third-order valence-electron chi connectivity index (χ3n) is 9.59. The second kappa shape index (κ2) is 11.4. The van der Waals surface area contributed by atoms with Gasteiger partial charge >= 0.3 is 0 Å². The van der Waals surface area contributed by atoms with E-state index in [4.69, 9.17) is 6.57 Å². The summed E-state index contributed by atoms with van der Waals surface area (Å²) >= 11 is 0. The Labute approximate surface area is 288 Å². The van der Waals surface area contributed by atoms with Crippen molar-refractivity contribution in [2.24, 2.45) is 0 Å². The van der Waals surface area contributed by atoms with Crippen LogP contribution in [-0.4, -0.2) is 9.13 Å². The number of hydrogen-bond acceptors (Lipinski definition) is 2. The summed E-state index contributed by atoms with van der Waals surface area (Å²) in [6.45, 7) is 8.32. The molecule has 0 saturated heterocycles. The minimum atomic E-state index is 0.415. The number of nitrogens with zero attached hydrogens (tertiary/aromatic N) is 5. The molecular weight excluding hydrogens is 611 g/mol. The molecule has 0 aliphatic heterocycles. The van der Waals surface area contributed by atoms with E-state index in [-0.39, 0.29) is 0 Å². The van der Waals surface area contributed by atoms with Gasteiger partial charge < -0.3 is 9.13 Å². The maximum atomic E-state index is 10.6. The zero-order valence-corrected chi connectivity index (χ0v) is 26.7. The summed E-state index contributed by atoms with van der Waals surface area (Å²) in [6, 6.07) is 55.4. The van der Waals surface area contributed by atoms with E-state index in [0.29, 0.717) is 22.4 Å². The fourth-order valence-corrected chi connectivity index (χ4v) is 7.46. The summed E-state index contributed by atoms with van der Waals surface area (Å²) in [6.07, 6.45) is 0. The summed E-state index contributed by atoms with van der Waals surface area (Å²) in [4.78, 5) is 4.02. The van der Waals surface area contributed by atoms with E-state index in [1.165, 1.54) is 0 Å². The maximum absolute atomic E-state index is 10.6. The molecule has 5 nitrogen and oxygen atoms in total. The van der Waals surface area contributed by atoms with E-state index in [9.17, 15) is 10.5 Å². The van der Waals surface area contributed by atoms with Crippen LogP contribution in [0, 0.1) is 29.2 Å². The fourth-order valence-electron chi connectivity index (χ4n) is 7.46. The molecular formula is C45H25N5. The molecule has 5 heteroatoms. The third kappa shape index (κ3) is 4.31. The Hall–Kier alpha value is -7.39. The molecule has 2 aromatic heterocycles. The monoisotopic (exact) mass is 635 g/mol. The zero-order valence-electron chi connectivity index (χ0n) is 26.7. The number of hydrogen-bond donors (Lipinski definition) is 0. The van der Waals surface area contributed by atoms with Gasteiger partial charge in [0.2, 0.25) is 0 Å². The number of rotatable bonds is 4. The predicted molar refractivity (Wildman–Crippen MR) is 202 cm³/mol. The topological polar surface area (TPSA) is 61.8 Å². The summed E-state index contributed by atoms with van der Waals surface area (Å²) in [5.41, 5.74) is 10.6. The van der Waals surface area contributed by atoms with Crippen molar-refractivity contribution in [3.8, 4) is 45.8 Å². The van der Waals surface area contributed by atoms with Gasteiger partial charge in [0, 0.05) is 32.8 Å². The second-order valence-corrected chi connectivity index (χ2v) is 12.3. The molecule has 0 fully saturated rings. The van der Waals surface area contributed by atoms with Gasteiger partial charge in [-0.3, -0.25) is 0 Å². The summed E-state index contributed by atoms with van der Waals surface area (Å²) in [5, 5.41) is 24.6. The number of nitriles is 2. The van der Waals surface area contributed by atoms with Crippen LogP contribution in [0.3, 0.4) is 0 Å². The Morgan fingerprint density at radius 3 is 1.80 bits per heavy atom. The lowest BCUT2D eigenvalue weighted by molar-refractivity contribution is 1.18. The van der Waals surface area contributed by atoms with Crippen LogP contribution >= 0.6 is 0 Å². The van der Waals surface area contributed by atoms with Gasteiger partial charge in [0.15, 0.2) is 5.69 Å². The molecule has 0 atom stereocenters. The maximum Gasteiger partial charge on any atom is 0.196 e. The van der Waals surface area contributed by atoms with Gasteiger partial charge in [0.05, 0.1) is 57.6 Å². The molecule has 2 heterocycles. The van der Waals surface area contributed by atoms with Crippen molar-refractivity contribution in [2.45, 2.75) is 0 Å². The van der Waals surface area contributed by atoms with Crippen LogP contribution in [0.4, 0.5) is 5.69 Å². The van der Waals surface area contributed by atoms with Crippen molar-refractivity contribution in [3.63, 3.8) is 0 Å². The molecule has 0 amide bonds. The first kappa shape index (κ1) is 28.8. The van der Waals surface area contributed by atoms with Crippen LogP contribution in [-0.2, 0) is 0 Å². The molecule has 0 N–H and O–H groups in total. The van der Waals surface area contributed by atoms with Gasteiger partial charge in [-0.05, 0) is 83.4 Å². The lowest BCUT2D eigenvalue weighted by Gasteiger charge is -2.17. The summed E-state index contributed by atoms with van der Waals surface area (Å²) in [7, 11) is 0. The van der Waals surface area contributed by atoms with Gasteiger partial charge in [-0.1, -0.05) is 84.9 Å². The Kier molecular flexibility index (Phi) is 6.56. The van der Waals surface area contributed by atoms with E-state index in [1.807, 2.05) is 84.9 Å². The number of para-hydroxylation sites is 4. The standard InChI is InChI=1S/C45H25N5/c1-48-39-26-31(30-11-10-12-33(25-30)49-40-17-6-4-15-36(40)38-23-29(27-46)21-22-44(38)49)24-32(28-47)45(39)37-16-5-9-20-43(37)50-41-18-7-2-13-34(41)35-14-3-8-19-42(35)50/h2-26H. The highest BCUT2D eigenvalue weighted by molar-refractivity contribution is 6.11. The zero-order chi connectivity index (χ0) is 33.8. The SMILES string of the molecule is [C-]#[N+]c1cc(-c2cccc(-n3c4ccccc4c4cc(C#N)ccc43)c2)cc(C#N)c1-c1ccccc1-n1c2ccccc2c2ccccc21. The third-order valence-corrected chi connectivity index (χ3v) is 9.59. The van der Waals surface area contributed by atoms with E-state index in [2.05, 4.69) is 92.8 Å². The largest absolute Gasteiger partial charge is 0.309 e. The van der Waals surface area contributed by atoms with E-state index in [0.717, 1.165) is 71.7 Å². The molecule has 0 bridgehead atoms. The van der Waals surface area contributed by atoms with Crippen molar-refractivity contribution in [2.75, 3.05) is 0 Å².